The normalized spacial score (nSPS) is 10.7. The van der Waals surface area contributed by atoms with Gasteiger partial charge in [0.05, 0.1) is 24.5 Å². The SMILES string of the molecule is COc1ccc(N)c(-n2ncc3ccccc32)n1. The third kappa shape index (κ3) is 1.57. The molecule has 2 aromatic heterocycles. The Morgan fingerprint density at radius 3 is 2.83 bits per heavy atom. The average molecular weight is 240 g/mol. The summed E-state index contributed by atoms with van der Waals surface area (Å²) in [5.41, 5.74) is 7.47. The van der Waals surface area contributed by atoms with Crippen molar-refractivity contribution < 1.29 is 4.74 Å². The Morgan fingerprint density at radius 2 is 2.00 bits per heavy atom. The maximum atomic E-state index is 5.95. The second-order valence-electron chi connectivity index (χ2n) is 3.88. The lowest BCUT2D eigenvalue weighted by Crippen LogP contribution is -2.05. The van der Waals surface area contributed by atoms with Gasteiger partial charge in [0.2, 0.25) is 5.88 Å². The molecule has 0 atom stereocenters. The zero-order chi connectivity index (χ0) is 12.5. The Bertz CT molecular complexity index is 705. The van der Waals surface area contributed by atoms with Gasteiger partial charge in [-0.1, -0.05) is 18.2 Å². The van der Waals surface area contributed by atoms with E-state index in [1.807, 2.05) is 24.3 Å². The second-order valence-corrected chi connectivity index (χ2v) is 3.88. The fourth-order valence-electron chi connectivity index (χ4n) is 1.87. The molecule has 0 aliphatic carbocycles. The number of anilines is 1. The predicted octanol–water partition coefficient (Wildman–Crippen LogP) is 2.01. The van der Waals surface area contributed by atoms with E-state index in [1.54, 1.807) is 30.1 Å². The number of methoxy groups -OCH3 is 1. The summed E-state index contributed by atoms with van der Waals surface area (Å²) in [7, 11) is 1.57. The average Bonchev–Trinajstić information content (AvgIpc) is 2.83. The summed E-state index contributed by atoms with van der Waals surface area (Å²) in [6.07, 6.45) is 1.79. The molecule has 5 heteroatoms. The molecule has 1 aromatic carbocycles. The fourth-order valence-corrected chi connectivity index (χ4v) is 1.87. The van der Waals surface area contributed by atoms with E-state index in [-0.39, 0.29) is 0 Å². The monoisotopic (exact) mass is 240 g/mol. The maximum Gasteiger partial charge on any atom is 0.215 e. The number of rotatable bonds is 2. The van der Waals surface area contributed by atoms with Gasteiger partial charge in [-0.2, -0.15) is 10.1 Å². The number of ether oxygens (including phenoxy) is 1. The Hall–Kier alpha value is -2.56. The van der Waals surface area contributed by atoms with Crippen molar-refractivity contribution in [1.82, 2.24) is 14.8 Å². The number of pyridine rings is 1. The van der Waals surface area contributed by atoms with Gasteiger partial charge < -0.3 is 10.5 Å². The molecule has 0 bridgehead atoms. The molecule has 0 saturated heterocycles. The van der Waals surface area contributed by atoms with Gasteiger partial charge in [0, 0.05) is 11.5 Å². The lowest BCUT2D eigenvalue weighted by atomic mass is 10.2. The number of benzene rings is 1. The summed E-state index contributed by atoms with van der Waals surface area (Å²) in [4.78, 5) is 4.34. The Morgan fingerprint density at radius 1 is 1.17 bits per heavy atom. The van der Waals surface area contributed by atoms with E-state index in [2.05, 4.69) is 10.1 Å². The zero-order valence-corrected chi connectivity index (χ0v) is 9.87. The van der Waals surface area contributed by atoms with Gasteiger partial charge in [-0.3, -0.25) is 0 Å². The minimum Gasteiger partial charge on any atom is -0.481 e. The van der Waals surface area contributed by atoms with E-state index in [4.69, 9.17) is 10.5 Å². The minimum absolute atomic E-state index is 0.513. The zero-order valence-electron chi connectivity index (χ0n) is 9.87. The van der Waals surface area contributed by atoms with E-state index in [0.29, 0.717) is 17.4 Å². The highest BCUT2D eigenvalue weighted by molar-refractivity contribution is 5.80. The topological polar surface area (TPSA) is 66.0 Å². The van der Waals surface area contributed by atoms with Crippen LogP contribution >= 0.6 is 0 Å². The number of nitrogens with two attached hydrogens (primary N) is 1. The Kier molecular flexibility index (Phi) is 2.37. The summed E-state index contributed by atoms with van der Waals surface area (Å²) in [6, 6.07) is 11.4. The molecule has 3 aromatic rings. The van der Waals surface area contributed by atoms with Crippen LogP contribution in [0.4, 0.5) is 5.69 Å². The molecule has 5 nitrogen and oxygen atoms in total. The van der Waals surface area contributed by atoms with E-state index < -0.39 is 0 Å². The Labute approximate surface area is 104 Å². The molecule has 0 unspecified atom stereocenters. The number of nitrogen functional groups attached to an aromatic ring is 1. The number of hydrogen-bond acceptors (Lipinski definition) is 4. The van der Waals surface area contributed by atoms with Gasteiger partial charge >= 0.3 is 0 Å². The van der Waals surface area contributed by atoms with E-state index in [1.165, 1.54) is 0 Å². The van der Waals surface area contributed by atoms with Gasteiger partial charge in [0.15, 0.2) is 5.82 Å². The van der Waals surface area contributed by atoms with Crippen LogP contribution in [0.2, 0.25) is 0 Å². The highest BCUT2D eigenvalue weighted by Gasteiger charge is 2.10. The molecule has 2 heterocycles. The molecule has 90 valence electrons. The smallest absolute Gasteiger partial charge is 0.215 e. The first kappa shape index (κ1) is 10.6. The van der Waals surface area contributed by atoms with Gasteiger partial charge in [0.25, 0.3) is 0 Å². The Balaban J connectivity index is 2.25. The highest BCUT2D eigenvalue weighted by Crippen LogP contribution is 2.22. The van der Waals surface area contributed by atoms with Crippen molar-refractivity contribution in [2.45, 2.75) is 0 Å². The molecular weight excluding hydrogens is 228 g/mol. The summed E-state index contributed by atoms with van der Waals surface area (Å²) in [6.45, 7) is 0. The standard InChI is InChI=1S/C13H12N4O/c1-18-12-7-6-10(14)13(16-12)17-11-5-3-2-4-9(11)8-15-17/h2-8H,14H2,1H3. The molecular formula is C13H12N4O. The van der Waals surface area contributed by atoms with Crippen molar-refractivity contribution in [3.8, 4) is 11.7 Å². The first-order valence-electron chi connectivity index (χ1n) is 5.53. The first-order chi connectivity index (χ1) is 8.79. The highest BCUT2D eigenvalue weighted by atomic mass is 16.5. The van der Waals surface area contributed by atoms with Crippen LogP contribution in [0.25, 0.3) is 16.7 Å². The molecule has 2 N–H and O–H groups in total. The second kappa shape index (κ2) is 4.03. The molecule has 0 fully saturated rings. The first-order valence-corrected chi connectivity index (χ1v) is 5.53. The van der Waals surface area contributed by atoms with Crippen LogP contribution in [0.3, 0.4) is 0 Å². The number of fused-ring (bicyclic) bond motifs is 1. The summed E-state index contributed by atoms with van der Waals surface area (Å²) < 4.78 is 6.83. The third-order valence-corrected chi connectivity index (χ3v) is 2.77. The molecule has 0 aliphatic rings. The van der Waals surface area contributed by atoms with Crippen LogP contribution in [0.5, 0.6) is 5.88 Å². The van der Waals surface area contributed by atoms with E-state index >= 15 is 0 Å². The molecule has 3 rings (SSSR count). The van der Waals surface area contributed by atoms with Gasteiger partial charge in [0.1, 0.15) is 0 Å². The fraction of sp³-hybridized carbons (Fsp3) is 0.0769. The van der Waals surface area contributed by atoms with Crippen molar-refractivity contribution in [1.29, 1.82) is 0 Å². The van der Waals surface area contributed by atoms with Gasteiger partial charge in [-0.25, -0.2) is 4.68 Å². The van der Waals surface area contributed by atoms with Crippen molar-refractivity contribution in [3.63, 3.8) is 0 Å². The molecule has 0 spiro atoms. The van der Waals surface area contributed by atoms with Crippen LogP contribution in [0, 0.1) is 0 Å². The lowest BCUT2D eigenvalue weighted by Gasteiger charge is -2.07. The lowest BCUT2D eigenvalue weighted by molar-refractivity contribution is 0.397. The third-order valence-electron chi connectivity index (χ3n) is 2.77. The van der Waals surface area contributed by atoms with Crippen molar-refractivity contribution in [2.75, 3.05) is 12.8 Å². The van der Waals surface area contributed by atoms with E-state index in [0.717, 1.165) is 10.9 Å². The van der Waals surface area contributed by atoms with Crippen LogP contribution < -0.4 is 10.5 Å². The van der Waals surface area contributed by atoms with Crippen LogP contribution in [0.15, 0.2) is 42.6 Å². The van der Waals surface area contributed by atoms with Crippen molar-refractivity contribution >= 4 is 16.6 Å². The van der Waals surface area contributed by atoms with Gasteiger partial charge in [-0.15, -0.1) is 0 Å². The molecule has 0 saturated carbocycles. The number of para-hydroxylation sites is 1. The quantitative estimate of drug-likeness (QED) is 0.744. The largest absolute Gasteiger partial charge is 0.481 e. The number of nitrogens with zero attached hydrogens (tertiary/aromatic N) is 3. The molecule has 0 amide bonds. The minimum atomic E-state index is 0.513. The van der Waals surface area contributed by atoms with Crippen molar-refractivity contribution in [2.24, 2.45) is 0 Å². The molecule has 0 aliphatic heterocycles. The molecule has 0 radical (unpaired) electrons. The number of hydrogen-bond donors (Lipinski definition) is 1. The maximum absolute atomic E-state index is 5.95. The predicted molar refractivity (Wildman–Crippen MR) is 69.8 cm³/mol. The van der Waals surface area contributed by atoms with Crippen LogP contribution in [-0.2, 0) is 0 Å². The van der Waals surface area contributed by atoms with Crippen LogP contribution in [-0.4, -0.2) is 21.9 Å². The van der Waals surface area contributed by atoms with Crippen molar-refractivity contribution in [3.05, 3.63) is 42.6 Å². The summed E-state index contributed by atoms with van der Waals surface area (Å²) in [5, 5.41) is 5.36. The summed E-state index contributed by atoms with van der Waals surface area (Å²) in [5.74, 6) is 1.09. The summed E-state index contributed by atoms with van der Waals surface area (Å²) >= 11 is 0. The van der Waals surface area contributed by atoms with E-state index in [9.17, 15) is 0 Å². The molecule has 18 heavy (non-hydrogen) atoms. The van der Waals surface area contributed by atoms with Gasteiger partial charge in [-0.05, 0) is 12.1 Å². The van der Waals surface area contributed by atoms with Crippen LogP contribution in [0.1, 0.15) is 0 Å². The number of aromatic nitrogens is 3.